The highest BCUT2D eigenvalue weighted by atomic mass is 16.3. The molecule has 0 saturated heterocycles. The second-order valence-electron chi connectivity index (χ2n) is 4.90. The summed E-state index contributed by atoms with van der Waals surface area (Å²) >= 11 is 0. The molecule has 108 valence electrons. The van der Waals surface area contributed by atoms with Gasteiger partial charge in [-0.1, -0.05) is 6.92 Å². The van der Waals surface area contributed by atoms with Crippen molar-refractivity contribution in [2.75, 3.05) is 20.1 Å². The summed E-state index contributed by atoms with van der Waals surface area (Å²) in [6, 6.07) is 3.68. The normalized spacial score (nSPS) is 14.4. The average Bonchev–Trinajstić information content (AvgIpc) is 2.75. The predicted molar refractivity (Wildman–Crippen MR) is 75.8 cm³/mol. The Morgan fingerprint density at radius 3 is 2.63 bits per heavy atom. The Morgan fingerprint density at radius 1 is 1.53 bits per heavy atom. The fraction of sp³-hybridized carbons (Fsp3) is 0.643. The van der Waals surface area contributed by atoms with E-state index in [-0.39, 0.29) is 18.0 Å². The molecule has 0 aliphatic heterocycles. The van der Waals surface area contributed by atoms with Gasteiger partial charge in [0.1, 0.15) is 11.5 Å². The molecule has 1 aromatic rings. The molecule has 0 aromatic carbocycles. The van der Waals surface area contributed by atoms with Crippen LogP contribution in [0.1, 0.15) is 37.8 Å². The zero-order chi connectivity index (χ0) is 14.4. The lowest BCUT2D eigenvalue weighted by Crippen LogP contribution is -2.44. The number of rotatable bonds is 7. The van der Waals surface area contributed by atoms with E-state index in [0.717, 1.165) is 24.5 Å². The van der Waals surface area contributed by atoms with E-state index < -0.39 is 0 Å². The van der Waals surface area contributed by atoms with Gasteiger partial charge in [-0.15, -0.1) is 0 Å². The van der Waals surface area contributed by atoms with E-state index in [9.17, 15) is 4.79 Å². The van der Waals surface area contributed by atoms with Crippen LogP contribution in [-0.4, -0.2) is 37.0 Å². The van der Waals surface area contributed by atoms with Gasteiger partial charge in [-0.25, -0.2) is 0 Å². The van der Waals surface area contributed by atoms with Gasteiger partial charge in [0.25, 0.3) is 0 Å². The molecular weight excluding hydrogens is 242 g/mol. The van der Waals surface area contributed by atoms with Crippen LogP contribution in [-0.2, 0) is 4.79 Å². The van der Waals surface area contributed by atoms with Crippen LogP contribution < -0.4 is 11.1 Å². The molecule has 1 rings (SSSR count). The third-order valence-electron chi connectivity index (χ3n) is 3.08. The summed E-state index contributed by atoms with van der Waals surface area (Å²) in [5.74, 6) is 1.67. The van der Waals surface area contributed by atoms with Crippen LogP contribution in [0.2, 0.25) is 0 Å². The van der Waals surface area contributed by atoms with Crippen molar-refractivity contribution in [2.24, 2.45) is 5.73 Å². The lowest BCUT2D eigenvalue weighted by molar-refractivity contribution is -0.122. The fourth-order valence-electron chi connectivity index (χ4n) is 2.25. The van der Waals surface area contributed by atoms with Crippen LogP contribution in [0.4, 0.5) is 0 Å². The molecule has 5 nitrogen and oxygen atoms in total. The number of furan rings is 1. The number of nitrogens with zero attached hydrogens (tertiary/aromatic N) is 1. The summed E-state index contributed by atoms with van der Waals surface area (Å²) in [6.45, 7) is 7.07. The highest BCUT2D eigenvalue weighted by molar-refractivity contribution is 5.77. The van der Waals surface area contributed by atoms with Crippen LogP contribution in [0.15, 0.2) is 16.5 Å². The number of nitrogens with two attached hydrogens (primary N) is 1. The summed E-state index contributed by atoms with van der Waals surface area (Å²) in [5, 5.41) is 2.65. The highest BCUT2D eigenvalue weighted by Gasteiger charge is 2.27. The molecule has 3 N–H and O–H groups in total. The van der Waals surface area contributed by atoms with Crippen molar-refractivity contribution in [3.8, 4) is 0 Å². The van der Waals surface area contributed by atoms with Gasteiger partial charge < -0.3 is 15.5 Å². The highest BCUT2D eigenvalue weighted by Crippen LogP contribution is 2.25. The van der Waals surface area contributed by atoms with Crippen molar-refractivity contribution < 1.29 is 9.21 Å². The Hall–Kier alpha value is -1.33. The molecule has 0 aliphatic rings. The van der Waals surface area contributed by atoms with E-state index >= 15 is 0 Å². The first-order valence-corrected chi connectivity index (χ1v) is 6.76. The summed E-state index contributed by atoms with van der Waals surface area (Å²) in [7, 11) is 1.64. The summed E-state index contributed by atoms with van der Waals surface area (Å²) in [6.07, 6.45) is 0.958. The molecule has 0 spiro atoms. The molecule has 0 radical (unpaired) electrons. The number of hydrogen-bond donors (Lipinski definition) is 2. The topological polar surface area (TPSA) is 71.5 Å². The van der Waals surface area contributed by atoms with Crippen molar-refractivity contribution >= 4 is 5.91 Å². The van der Waals surface area contributed by atoms with Crippen molar-refractivity contribution in [3.05, 3.63) is 23.7 Å². The Bertz CT molecular complexity index is 401. The zero-order valence-electron chi connectivity index (χ0n) is 12.3. The lowest BCUT2D eigenvalue weighted by atomic mass is 10.1. The van der Waals surface area contributed by atoms with E-state index in [4.69, 9.17) is 10.2 Å². The SMILES string of the molecule is CCCN(CC(=O)NC)C(c1ccc(C)o1)C(C)N. The maximum Gasteiger partial charge on any atom is 0.233 e. The smallest absolute Gasteiger partial charge is 0.233 e. The minimum absolute atomic E-state index is 0.0117. The van der Waals surface area contributed by atoms with Gasteiger partial charge in [0, 0.05) is 13.1 Å². The molecule has 19 heavy (non-hydrogen) atoms. The molecule has 0 bridgehead atoms. The average molecular weight is 267 g/mol. The third-order valence-corrected chi connectivity index (χ3v) is 3.08. The molecule has 2 atom stereocenters. The number of likely N-dealkylation sites (N-methyl/N-ethyl adjacent to an activating group) is 1. The predicted octanol–water partition coefficient (Wildman–Crippen LogP) is 1.43. The van der Waals surface area contributed by atoms with Crippen molar-refractivity contribution in [1.29, 1.82) is 0 Å². The van der Waals surface area contributed by atoms with Crippen LogP contribution in [0.5, 0.6) is 0 Å². The van der Waals surface area contributed by atoms with E-state index in [1.54, 1.807) is 7.05 Å². The molecule has 0 saturated carbocycles. The number of carbonyl (C=O) groups is 1. The molecule has 5 heteroatoms. The fourth-order valence-corrected chi connectivity index (χ4v) is 2.25. The molecule has 1 aromatic heterocycles. The molecular formula is C14H25N3O2. The summed E-state index contributed by atoms with van der Waals surface area (Å²) in [4.78, 5) is 13.7. The van der Waals surface area contributed by atoms with Crippen LogP contribution in [0, 0.1) is 6.92 Å². The van der Waals surface area contributed by atoms with Crippen molar-refractivity contribution in [1.82, 2.24) is 10.2 Å². The minimum atomic E-state index is -0.109. The van der Waals surface area contributed by atoms with E-state index in [1.165, 1.54) is 0 Å². The maximum absolute atomic E-state index is 11.6. The van der Waals surface area contributed by atoms with E-state index in [2.05, 4.69) is 17.1 Å². The Balaban J connectivity index is 2.95. The zero-order valence-corrected chi connectivity index (χ0v) is 12.3. The van der Waals surface area contributed by atoms with E-state index in [0.29, 0.717) is 6.54 Å². The third kappa shape index (κ3) is 4.36. The van der Waals surface area contributed by atoms with Gasteiger partial charge in [-0.2, -0.15) is 0 Å². The molecule has 0 fully saturated rings. The monoisotopic (exact) mass is 267 g/mol. The number of aryl methyl sites for hydroxylation is 1. The largest absolute Gasteiger partial charge is 0.465 e. The first-order valence-electron chi connectivity index (χ1n) is 6.76. The molecule has 0 aliphatic carbocycles. The van der Waals surface area contributed by atoms with Gasteiger partial charge >= 0.3 is 0 Å². The quantitative estimate of drug-likeness (QED) is 0.784. The van der Waals surface area contributed by atoms with Gasteiger partial charge in [-0.3, -0.25) is 9.69 Å². The second kappa shape index (κ2) is 7.31. The molecule has 1 heterocycles. The summed E-state index contributed by atoms with van der Waals surface area (Å²) < 4.78 is 5.70. The first kappa shape index (κ1) is 15.7. The minimum Gasteiger partial charge on any atom is -0.465 e. The summed E-state index contributed by atoms with van der Waals surface area (Å²) in [5.41, 5.74) is 6.09. The van der Waals surface area contributed by atoms with Gasteiger partial charge in [0.2, 0.25) is 5.91 Å². The molecule has 2 unspecified atom stereocenters. The van der Waals surface area contributed by atoms with Crippen LogP contribution in [0.3, 0.4) is 0 Å². The second-order valence-corrected chi connectivity index (χ2v) is 4.90. The Kier molecular flexibility index (Phi) is 6.05. The first-order chi connectivity index (χ1) is 8.99. The standard InChI is InChI=1S/C14H25N3O2/c1-5-8-17(9-13(18)16-4)14(11(3)15)12-7-6-10(2)19-12/h6-7,11,14H,5,8-9,15H2,1-4H3,(H,16,18). The van der Waals surface area contributed by atoms with Crippen molar-refractivity contribution in [2.45, 2.75) is 39.3 Å². The maximum atomic E-state index is 11.6. The van der Waals surface area contributed by atoms with Gasteiger partial charge in [-0.05, 0) is 38.9 Å². The molecule has 1 amide bonds. The lowest BCUT2D eigenvalue weighted by Gasteiger charge is -2.32. The van der Waals surface area contributed by atoms with Crippen molar-refractivity contribution in [3.63, 3.8) is 0 Å². The number of amides is 1. The van der Waals surface area contributed by atoms with Crippen LogP contribution in [0.25, 0.3) is 0 Å². The Morgan fingerprint density at radius 2 is 2.21 bits per heavy atom. The van der Waals surface area contributed by atoms with E-state index in [1.807, 2.05) is 26.0 Å². The van der Waals surface area contributed by atoms with Crippen LogP contribution >= 0.6 is 0 Å². The Labute approximate surface area is 115 Å². The number of nitrogens with one attached hydrogen (secondary N) is 1. The van der Waals surface area contributed by atoms with Gasteiger partial charge in [0.05, 0.1) is 12.6 Å². The number of hydrogen-bond acceptors (Lipinski definition) is 4. The van der Waals surface area contributed by atoms with Gasteiger partial charge in [0.15, 0.2) is 0 Å². The number of carbonyl (C=O) groups excluding carboxylic acids is 1.